The van der Waals surface area contributed by atoms with E-state index in [1.54, 1.807) is 11.3 Å². The molecule has 64 valence electrons. The lowest BCUT2D eigenvalue weighted by atomic mass is 10.3. The van der Waals surface area contributed by atoms with Gasteiger partial charge in [0.15, 0.2) is 0 Å². The van der Waals surface area contributed by atoms with Gasteiger partial charge in [-0.1, -0.05) is 6.07 Å². The maximum absolute atomic E-state index is 5.76. The number of thiophene rings is 1. The molecule has 0 bridgehead atoms. The number of alkyl halides is 1. The minimum atomic E-state index is 0.203. The summed E-state index contributed by atoms with van der Waals surface area (Å²) in [5, 5.41) is 2.26. The van der Waals surface area contributed by atoms with Gasteiger partial charge in [-0.05, 0) is 36.9 Å². The summed E-state index contributed by atoms with van der Waals surface area (Å²) >= 11 is 7.47. The van der Waals surface area contributed by atoms with Gasteiger partial charge in [0.1, 0.15) is 0 Å². The predicted octanol–water partition coefficient (Wildman–Crippen LogP) is 3.93. The fourth-order valence-corrected chi connectivity index (χ4v) is 1.44. The van der Waals surface area contributed by atoms with Crippen molar-refractivity contribution >= 4 is 29.0 Å². The van der Waals surface area contributed by atoms with Crippen molar-refractivity contribution in [1.29, 1.82) is 0 Å². The first-order valence-electron chi connectivity index (χ1n) is 3.87. The van der Waals surface area contributed by atoms with Crippen LogP contribution in [0.25, 0.3) is 6.08 Å². The second-order valence-corrected chi connectivity index (χ2v) is 4.27. The van der Waals surface area contributed by atoms with Crippen molar-refractivity contribution in [2.45, 2.75) is 18.7 Å². The van der Waals surface area contributed by atoms with Crippen molar-refractivity contribution in [3.63, 3.8) is 0 Å². The molecule has 0 aliphatic heterocycles. The molecule has 12 heavy (non-hydrogen) atoms. The second kappa shape index (κ2) is 5.21. The van der Waals surface area contributed by atoms with E-state index in [1.165, 1.54) is 4.88 Å². The Labute approximate surface area is 82.2 Å². The van der Waals surface area contributed by atoms with Gasteiger partial charge in [-0.3, -0.25) is 0 Å². The lowest BCUT2D eigenvalue weighted by Gasteiger charge is -1.90. The number of halogens is 1. The molecule has 2 heteroatoms. The molecule has 1 atom stereocenters. The van der Waals surface area contributed by atoms with E-state index in [1.807, 2.05) is 25.1 Å². The summed E-state index contributed by atoms with van der Waals surface area (Å²) in [7, 11) is 0. The van der Waals surface area contributed by atoms with Gasteiger partial charge in [-0.25, -0.2) is 0 Å². The first-order valence-corrected chi connectivity index (χ1v) is 5.19. The molecule has 0 aliphatic rings. The minimum absolute atomic E-state index is 0.203. The molecule has 1 rings (SSSR count). The van der Waals surface area contributed by atoms with Gasteiger partial charge >= 0.3 is 0 Å². The van der Waals surface area contributed by atoms with Crippen LogP contribution < -0.4 is 0 Å². The molecule has 1 aromatic rings. The van der Waals surface area contributed by atoms with E-state index in [-0.39, 0.29) is 5.38 Å². The van der Waals surface area contributed by atoms with E-state index < -0.39 is 0 Å². The van der Waals surface area contributed by atoms with Crippen LogP contribution >= 0.6 is 22.9 Å². The van der Waals surface area contributed by atoms with Crippen LogP contribution in [0.4, 0.5) is 0 Å². The topological polar surface area (TPSA) is 0 Å². The van der Waals surface area contributed by atoms with Gasteiger partial charge in [-0.15, -0.1) is 28.7 Å². The van der Waals surface area contributed by atoms with Crippen molar-refractivity contribution in [3.05, 3.63) is 34.2 Å². The molecule has 0 N–H and O–H groups in total. The third kappa shape index (κ3) is 3.77. The lowest BCUT2D eigenvalue weighted by Crippen LogP contribution is -1.83. The first kappa shape index (κ1) is 9.60. The maximum Gasteiger partial charge on any atom is 0.0348 e. The highest BCUT2D eigenvalue weighted by Gasteiger charge is 1.88. The molecule has 0 nitrogen and oxygen atoms in total. The predicted molar refractivity (Wildman–Crippen MR) is 56.8 cm³/mol. The van der Waals surface area contributed by atoms with Crippen molar-refractivity contribution in [1.82, 2.24) is 0 Å². The van der Waals surface area contributed by atoms with Crippen molar-refractivity contribution in [3.8, 4) is 0 Å². The average molecular weight is 199 g/mol. The summed E-state index contributed by atoms with van der Waals surface area (Å²) < 4.78 is 0. The van der Waals surface area contributed by atoms with Crippen molar-refractivity contribution in [2.75, 3.05) is 0 Å². The Hall–Kier alpha value is -0.490. The number of hydrogen-bond acceptors (Lipinski definition) is 1. The summed E-state index contributed by atoms with van der Waals surface area (Å²) in [5.41, 5.74) is 3.10. The molecule has 0 aliphatic carbocycles. The van der Waals surface area contributed by atoms with Crippen LogP contribution in [0.2, 0.25) is 0 Å². The molecule has 0 saturated carbocycles. The molecular weight excluding hydrogens is 188 g/mol. The summed E-state index contributed by atoms with van der Waals surface area (Å²) in [6, 6.07) is 4.10. The molecule has 0 spiro atoms. The van der Waals surface area contributed by atoms with Crippen LogP contribution in [0, 0.1) is 0 Å². The lowest BCUT2D eigenvalue weighted by molar-refractivity contribution is 0.970. The van der Waals surface area contributed by atoms with Crippen LogP contribution in [0.3, 0.4) is 0 Å². The monoisotopic (exact) mass is 198 g/mol. The quantitative estimate of drug-likeness (QED) is 0.510. The number of hydrogen-bond donors (Lipinski definition) is 0. The zero-order valence-electron chi connectivity index (χ0n) is 6.96. The fourth-order valence-electron chi connectivity index (χ4n) is 0.745. The van der Waals surface area contributed by atoms with E-state index in [2.05, 4.69) is 17.2 Å². The highest BCUT2D eigenvalue weighted by atomic mass is 35.5. The fraction of sp³-hybridized carbons (Fsp3) is 0.300. The molecule has 0 aromatic carbocycles. The normalized spacial score (nSPS) is 11.8. The van der Waals surface area contributed by atoms with Crippen molar-refractivity contribution < 1.29 is 0 Å². The highest BCUT2D eigenvalue weighted by molar-refractivity contribution is 7.10. The van der Waals surface area contributed by atoms with E-state index >= 15 is 0 Å². The van der Waals surface area contributed by atoms with Crippen LogP contribution in [0.15, 0.2) is 29.3 Å². The van der Waals surface area contributed by atoms with E-state index in [9.17, 15) is 0 Å². The van der Waals surface area contributed by atoms with E-state index in [4.69, 9.17) is 11.6 Å². The summed E-state index contributed by atoms with van der Waals surface area (Å²) in [6.45, 7) is 1.98. The van der Waals surface area contributed by atoms with Gasteiger partial charge in [0.05, 0.1) is 0 Å². The minimum Gasteiger partial charge on any atom is -0.144 e. The molecular formula is C10H11ClS. The maximum atomic E-state index is 5.76. The SMILES string of the molecule is CC(Cl)CC=C=Cc1cccs1. The summed E-state index contributed by atoms with van der Waals surface area (Å²) in [4.78, 5) is 1.23. The summed E-state index contributed by atoms with van der Waals surface area (Å²) in [5.74, 6) is 0. The van der Waals surface area contributed by atoms with Crippen LogP contribution in [0.5, 0.6) is 0 Å². The second-order valence-electron chi connectivity index (χ2n) is 2.55. The zero-order chi connectivity index (χ0) is 8.81. The number of allylic oxidation sites excluding steroid dienone is 1. The largest absolute Gasteiger partial charge is 0.144 e. The smallest absolute Gasteiger partial charge is 0.0348 e. The first-order chi connectivity index (χ1) is 5.79. The third-order valence-electron chi connectivity index (χ3n) is 1.33. The molecule has 0 radical (unpaired) electrons. The zero-order valence-corrected chi connectivity index (χ0v) is 8.53. The average Bonchev–Trinajstić information content (AvgIpc) is 2.49. The Kier molecular flexibility index (Phi) is 4.16. The summed E-state index contributed by atoms with van der Waals surface area (Å²) in [6.07, 6.45) is 4.82. The molecule has 1 unspecified atom stereocenters. The Balaban J connectivity index is 2.45. The van der Waals surface area contributed by atoms with Gasteiger partial charge < -0.3 is 0 Å². The van der Waals surface area contributed by atoms with Crippen LogP contribution in [-0.2, 0) is 0 Å². The van der Waals surface area contributed by atoms with Crippen LogP contribution in [-0.4, -0.2) is 5.38 Å². The van der Waals surface area contributed by atoms with E-state index in [0.29, 0.717) is 0 Å². The Morgan fingerprint density at radius 2 is 2.58 bits per heavy atom. The molecule has 0 amide bonds. The van der Waals surface area contributed by atoms with Crippen LogP contribution in [0.1, 0.15) is 18.2 Å². The third-order valence-corrected chi connectivity index (χ3v) is 2.33. The number of rotatable bonds is 3. The van der Waals surface area contributed by atoms with E-state index in [0.717, 1.165) is 6.42 Å². The molecule has 0 saturated heterocycles. The van der Waals surface area contributed by atoms with Crippen molar-refractivity contribution in [2.24, 2.45) is 0 Å². The molecule has 1 heterocycles. The standard InChI is InChI=1S/C10H11ClS/c1-9(11)5-2-3-6-10-7-4-8-12-10/h2,4,6-9H,5H2,1H3. The van der Waals surface area contributed by atoms with Gasteiger partial charge in [-0.2, -0.15) is 0 Å². The Morgan fingerprint density at radius 1 is 1.75 bits per heavy atom. The van der Waals surface area contributed by atoms with Gasteiger partial charge in [0.25, 0.3) is 0 Å². The van der Waals surface area contributed by atoms with Gasteiger partial charge in [0.2, 0.25) is 0 Å². The van der Waals surface area contributed by atoms with Gasteiger partial charge in [0, 0.05) is 10.3 Å². The molecule has 1 aromatic heterocycles. The molecule has 0 fully saturated rings. The Bertz CT molecular complexity index is 266. The Morgan fingerprint density at radius 3 is 3.17 bits per heavy atom. The highest BCUT2D eigenvalue weighted by Crippen LogP contribution is 2.09.